The molecule has 0 saturated heterocycles. The van der Waals surface area contributed by atoms with E-state index in [9.17, 15) is 13.6 Å². The maximum atomic E-state index is 15.5. The summed E-state index contributed by atoms with van der Waals surface area (Å²) in [5, 5.41) is 0. The zero-order valence-electron chi connectivity index (χ0n) is 13.4. The van der Waals surface area contributed by atoms with Crippen molar-refractivity contribution in [3.05, 3.63) is 83.9 Å². The van der Waals surface area contributed by atoms with Crippen LogP contribution in [-0.2, 0) is 16.1 Å². The van der Waals surface area contributed by atoms with Crippen molar-refractivity contribution in [3.8, 4) is 0 Å². The summed E-state index contributed by atoms with van der Waals surface area (Å²) in [6, 6.07) is 16.5. The van der Waals surface area contributed by atoms with Crippen molar-refractivity contribution in [3.63, 3.8) is 0 Å². The van der Waals surface area contributed by atoms with Crippen molar-refractivity contribution >= 4 is 5.97 Å². The predicted molar refractivity (Wildman–Crippen MR) is 88.0 cm³/mol. The summed E-state index contributed by atoms with van der Waals surface area (Å²) < 4.78 is 49.3. The zero-order valence-corrected chi connectivity index (χ0v) is 13.4. The van der Waals surface area contributed by atoms with Crippen LogP contribution in [-0.4, -0.2) is 17.6 Å². The number of hydrogen-bond acceptors (Lipinski definition) is 2. The molecule has 0 aliphatic heterocycles. The molecule has 3 rings (SSSR count). The molecule has 0 spiro atoms. The van der Waals surface area contributed by atoms with Gasteiger partial charge in [-0.25, -0.2) is 18.0 Å². The van der Waals surface area contributed by atoms with Crippen LogP contribution in [0.5, 0.6) is 0 Å². The van der Waals surface area contributed by atoms with Crippen LogP contribution < -0.4 is 0 Å². The second-order valence-electron chi connectivity index (χ2n) is 6.00. The Bertz CT molecular complexity index is 759. The van der Waals surface area contributed by atoms with Gasteiger partial charge in [-0.1, -0.05) is 72.8 Å². The topological polar surface area (TPSA) is 26.3 Å². The standard InChI is InChI=1S/C20H17F3O2/c21-19(22)13-7-12-17(16-10-5-2-6-11-16)20(19,23)18(24)25-14-15-8-3-1-4-9-15/h1-12,17H,13-14H2. The van der Waals surface area contributed by atoms with Crippen molar-refractivity contribution in [1.29, 1.82) is 0 Å². The Morgan fingerprint density at radius 1 is 1.00 bits per heavy atom. The molecule has 0 fully saturated rings. The second-order valence-corrected chi connectivity index (χ2v) is 6.00. The maximum absolute atomic E-state index is 15.5. The zero-order chi connectivity index (χ0) is 17.9. The average Bonchev–Trinajstić information content (AvgIpc) is 2.63. The molecule has 130 valence electrons. The van der Waals surface area contributed by atoms with E-state index in [1.165, 1.54) is 24.3 Å². The molecule has 0 radical (unpaired) electrons. The molecular formula is C20H17F3O2. The third-order valence-electron chi connectivity index (χ3n) is 4.33. The predicted octanol–water partition coefficient (Wildman–Crippen LogP) is 4.82. The fraction of sp³-hybridized carbons (Fsp3) is 0.250. The summed E-state index contributed by atoms with van der Waals surface area (Å²) in [4.78, 5) is 12.4. The third kappa shape index (κ3) is 3.18. The molecule has 25 heavy (non-hydrogen) atoms. The Hall–Kier alpha value is -2.56. The van der Waals surface area contributed by atoms with Crippen LogP contribution in [0.15, 0.2) is 72.8 Å². The van der Waals surface area contributed by atoms with Crippen molar-refractivity contribution < 1.29 is 22.7 Å². The normalized spacial score (nSPS) is 24.7. The van der Waals surface area contributed by atoms with Gasteiger partial charge in [-0.2, -0.15) is 0 Å². The van der Waals surface area contributed by atoms with E-state index >= 15 is 4.39 Å². The number of ether oxygens (including phenoxy) is 1. The number of alkyl halides is 3. The number of hydrogen-bond donors (Lipinski definition) is 0. The first kappa shape index (κ1) is 17.3. The van der Waals surface area contributed by atoms with Gasteiger partial charge in [0.1, 0.15) is 6.61 Å². The first-order valence-corrected chi connectivity index (χ1v) is 7.94. The highest BCUT2D eigenvalue weighted by Gasteiger charge is 2.66. The van der Waals surface area contributed by atoms with Crippen LogP contribution >= 0.6 is 0 Å². The molecule has 0 saturated carbocycles. The second kappa shape index (κ2) is 6.75. The minimum Gasteiger partial charge on any atom is -0.458 e. The lowest BCUT2D eigenvalue weighted by Crippen LogP contribution is -2.56. The van der Waals surface area contributed by atoms with Gasteiger partial charge in [0.25, 0.3) is 11.6 Å². The summed E-state index contributed by atoms with van der Waals surface area (Å²) in [7, 11) is 0. The van der Waals surface area contributed by atoms with E-state index < -0.39 is 29.9 Å². The van der Waals surface area contributed by atoms with Gasteiger partial charge in [-0.15, -0.1) is 0 Å². The maximum Gasteiger partial charge on any atom is 0.351 e. The minimum absolute atomic E-state index is 0.257. The first-order valence-electron chi connectivity index (χ1n) is 7.94. The van der Waals surface area contributed by atoms with Crippen molar-refractivity contribution in [1.82, 2.24) is 0 Å². The summed E-state index contributed by atoms with van der Waals surface area (Å²) in [6.07, 6.45) is 1.68. The molecule has 2 aromatic rings. The van der Waals surface area contributed by atoms with E-state index in [0.717, 1.165) is 0 Å². The number of carbonyl (C=O) groups excluding carboxylic acids is 1. The van der Waals surface area contributed by atoms with Gasteiger partial charge in [-0.05, 0) is 11.1 Å². The summed E-state index contributed by atoms with van der Waals surface area (Å²) in [5.41, 5.74) is -2.54. The lowest BCUT2D eigenvalue weighted by molar-refractivity contribution is -0.195. The highest BCUT2D eigenvalue weighted by molar-refractivity contribution is 5.83. The fourth-order valence-electron chi connectivity index (χ4n) is 2.97. The lowest BCUT2D eigenvalue weighted by Gasteiger charge is -2.38. The van der Waals surface area contributed by atoms with E-state index in [1.54, 1.807) is 48.5 Å². The van der Waals surface area contributed by atoms with Crippen molar-refractivity contribution in [2.45, 2.75) is 30.5 Å². The minimum atomic E-state index is -3.85. The van der Waals surface area contributed by atoms with E-state index in [4.69, 9.17) is 4.74 Å². The van der Waals surface area contributed by atoms with Crippen LogP contribution in [0.2, 0.25) is 0 Å². The molecule has 0 bridgehead atoms. The molecule has 2 unspecified atom stereocenters. The van der Waals surface area contributed by atoms with E-state index in [2.05, 4.69) is 0 Å². The molecule has 1 aliphatic carbocycles. The number of benzene rings is 2. The van der Waals surface area contributed by atoms with Crippen LogP contribution in [0, 0.1) is 0 Å². The molecule has 0 amide bonds. The van der Waals surface area contributed by atoms with Gasteiger partial charge >= 0.3 is 5.97 Å². The Kier molecular flexibility index (Phi) is 4.66. The van der Waals surface area contributed by atoms with Gasteiger partial charge in [0.15, 0.2) is 0 Å². The SMILES string of the molecule is O=C(OCc1ccccc1)C1(F)C(c2ccccc2)C=CCC1(F)F. The van der Waals surface area contributed by atoms with Gasteiger partial charge < -0.3 is 4.74 Å². The summed E-state index contributed by atoms with van der Waals surface area (Å²) in [6.45, 7) is -0.257. The largest absolute Gasteiger partial charge is 0.458 e. The lowest BCUT2D eigenvalue weighted by atomic mass is 9.74. The van der Waals surface area contributed by atoms with Crippen molar-refractivity contribution in [2.24, 2.45) is 0 Å². The molecule has 0 aromatic heterocycles. The van der Waals surface area contributed by atoms with E-state index in [-0.39, 0.29) is 6.61 Å². The molecule has 2 atom stereocenters. The van der Waals surface area contributed by atoms with Gasteiger partial charge in [-0.3, -0.25) is 0 Å². The highest BCUT2D eigenvalue weighted by atomic mass is 19.3. The smallest absolute Gasteiger partial charge is 0.351 e. The highest BCUT2D eigenvalue weighted by Crippen LogP contribution is 2.50. The molecule has 0 heterocycles. The Labute approximate surface area is 143 Å². The van der Waals surface area contributed by atoms with Gasteiger partial charge in [0.2, 0.25) is 0 Å². The van der Waals surface area contributed by atoms with Gasteiger partial charge in [0.05, 0.1) is 5.92 Å². The Morgan fingerprint density at radius 2 is 1.60 bits per heavy atom. The number of rotatable bonds is 4. The Balaban J connectivity index is 1.90. The number of halogens is 3. The fourth-order valence-corrected chi connectivity index (χ4v) is 2.97. The molecule has 1 aliphatic rings. The van der Waals surface area contributed by atoms with Crippen molar-refractivity contribution in [2.75, 3.05) is 0 Å². The quantitative estimate of drug-likeness (QED) is 0.586. The molecule has 5 heteroatoms. The van der Waals surface area contributed by atoms with Crippen LogP contribution in [0.4, 0.5) is 13.2 Å². The number of carbonyl (C=O) groups is 1. The van der Waals surface area contributed by atoms with E-state index in [1.807, 2.05) is 0 Å². The van der Waals surface area contributed by atoms with E-state index in [0.29, 0.717) is 11.1 Å². The van der Waals surface area contributed by atoms with Crippen LogP contribution in [0.3, 0.4) is 0 Å². The van der Waals surface area contributed by atoms with Crippen LogP contribution in [0.25, 0.3) is 0 Å². The van der Waals surface area contributed by atoms with Gasteiger partial charge in [0, 0.05) is 6.42 Å². The third-order valence-corrected chi connectivity index (χ3v) is 4.33. The first-order chi connectivity index (χ1) is 11.9. The number of allylic oxidation sites excluding steroid dienone is 2. The van der Waals surface area contributed by atoms with Crippen LogP contribution in [0.1, 0.15) is 23.5 Å². The summed E-state index contributed by atoms with van der Waals surface area (Å²) >= 11 is 0. The number of esters is 1. The Morgan fingerprint density at radius 3 is 2.24 bits per heavy atom. The molecular weight excluding hydrogens is 329 g/mol. The molecule has 0 N–H and O–H groups in total. The molecule has 2 nitrogen and oxygen atoms in total. The molecule has 2 aromatic carbocycles. The monoisotopic (exact) mass is 346 g/mol. The summed E-state index contributed by atoms with van der Waals surface area (Å²) in [5.74, 6) is -6.80. The average molecular weight is 346 g/mol.